The van der Waals surface area contributed by atoms with Crippen LogP contribution in [0.1, 0.15) is 24.8 Å². The van der Waals surface area contributed by atoms with Crippen LogP contribution in [-0.4, -0.2) is 19.7 Å². The SMILES string of the molecule is COc1cccc(NC(=O)NCC2(c3ccccc3)CCC2)c1. The van der Waals surface area contributed by atoms with Crippen LogP contribution in [0.4, 0.5) is 10.5 Å². The van der Waals surface area contributed by atoms with E-state index in [1.807, 2.05) is 24.3 Å². The average Bonchev–Trinajstić information content (AvgIpc) is 2.55. The number of carbonyl (C=O) groups excluding carboxylic acids is 1. The Morgan fingerprint density at radius 2 is 1.91 bits per heavy atom. The molecule has 0 heterocycles. The van der Waals surface area contributed by atoms with E-state index in [4.69, 9.17) is 4.74 Å². The molecule has 1 fully saturated rings. The molecule has 4 nitrogen and oxygen atoms in total. The third kappa shape index (κ3) is 3.47. The first-order valence-corrected chi connectivity index (χ1v) is 7.96. The van der Waals surface area contributed by atoms with Gasteiger partial charge in [-0.25, -0.2) is 4.79 Å². The Morgan fingerprint density at radius 3 is 2.57 bits per heavy atom. The van der Waals surface area contributed by atoms with E-state index < -0.39 is 0 Å². The van der Waals surface area contributed by atoms with Gasteiger partial charge in [0, 0.05) is 23.7 Å². The minimum atomic E-state index is -0.180. The summed E-state index contributed by atoms with van der Waals surface area (Å²) in [5.41, 5.74) is 2.13. The van der Waals surface area contributed by atoms with E-state index in [2.05, 4.69) is 34.9 Å². The molecule has 1 aliphatic carbocycles. The van der Waals surface area contributed by atoms with Crippen molar-refractivity contribution in [1.29, 1.82) is 0 Å². The van der Waals surface area contributed by atoms with Crippen molar-refractivity contribution in [3.63, 3.8) is 0 Å². The van der Waals surface area contributed by atoms with Gasteiger partial charge in [0.1, 0.15) is 5.75 Å². The van der Waals surface area contributed by atoms with Gasteiger partial charge in [-0.05, 0) is 30.5 Å². The predicted molar refractivity (Wildman–Crippen MR) is 92.0 cm³/mol. The molecule has 120 valence electrons. The molecule has 2 amide bonds. The number of ether oxygens (including phenoxy) is 1. The summed E-state index contributed by atoms with van der Waals surface area (Å²) in [6, 6.07) is 17.6. The van der Waals surface area contributed by atoms with Crippen molar-refractivity contribution >= 4 is 11.7 Å². The van der Waals surface area contributed by atoms with Gasteiger partial charge in [-0.1, -0.05) is 42.8 Å². The van der Waals surface area contributed by atoms with E-state index in [9.17, 15) is 4.79 Å². The van der Waals surface area contributed by atoms with E-state index in [-0.39, 0.29) is 11.4 Å². The third-order valence-corrected chi connectivity index (χ3v) is 4.61. The number of hydrogen-bond acceptors (Lipinski definition) is 2. The zero-order valence-electron chi connectivity index (χ0n) is 13.3. The summed E-state index contributed by atoms with van der Waals surface area (Å²) < 4.78 is 5.16. The number of rotatable bonds is 5. The van der Waals surface area contributed by atoms with Gasteiger partial charge in [0.15, 0.2) is 0 Å². The summed E-state index contributed by atoms with van der Waals surface area (Å²) in [5.74, 6) is 0.725. The number of urea groups is 1. The van der Waals surface area contributed by atoms with Gasteiger partial charge < -0.3 is 15.4 Å². The highest BCUT2D eigenvalue weighted by Crippen LogP contribution is 2.43. The third-order valence-electron chi connectivity index (χ3n) is 4.61. The molecular weight excluding hydrogens is 288 g/mol. The van der Waals surface area contributed by atoms with Crippen molar-refractivity contribution in [3.05, 3.63) is 60.2 Å². The van der Waals surface area contributed by atoms with E-state index in [0.29, 0.717) is 6.54 Å². The van der Waals surface area contributed by atoms with Crippen molar-refractivity contribution in [2.75, 3.05) is 19.0 Å². The van der Waals surface area contributed by atoms with Crippen LogP contribution in [0.3, 0.4) is 0 Å². The minimum Gasteiger partial charge on any atom is -0.497 e. The first-order valence-electron chi connectivity index (χ1n) is 7.96. The van der Waals surface area contributed by atoms with E-state index in [1.165, 1.54) is 12.0 Å². The topological polar surface area (TPSA) is 50.4 Å². The van der Waals surface area contributed by atoms with Gasteiger partial charge in [0.2, 0.25) is 0 Å². The Hall–Kier alpha value is -2.49. The normalized spacial score (nSPS) is 15.3. The highest BCUT2D eigenvalue weighted by atomic mass is 16.5. The second-order valence-corrected chi connectivity index (χ2v) is 6.04. The minimum absolute atomic E-state index is 0.0903. The van der Waals surface area contributed by atoms with Crippen molar-refractivity contribution in [2.24, 2.45) is 0 Å². The molecule has 0 atom stereocenters. The molecule has 0 radical (unpaired) electrons. The monoisotopic (exact) mass is 310 g/mol. The molecule has 1 saturated carbocycles. The fraction of sp³-hybridized carbons (Fsp3) is 0.316. The number of amides is 2. The Balaban J connectivity index is 1.60. The number of anilines is 1. The molecule has 0 bridgehead atoms. The van der Waals surface area contributed by atoms with Gasteiger partial charge in [-0.15, -0.1) is 0 Å². The van der Waals surface area contributed by atoms with Gasteiger partial charge in [0.05, 0.1) is 7.11 Å². The lowest BCUT2D eigenvalue weighted by Crippen LogP contribution is -2.46. The highest BCUT2D eigenvalue weighted by molar-refractivity contribution is 5.89. The molecule has 1 aliphatic rings. The molecule has 2 aromatic rings. The van der Waals surface area contributed by atoms with E-state index in [0.717, 1.165) is 24.3 Å². The lowest BCUT2D eigenvalue weighted by molar-refractivity contribution is 0.222. The number of nitrogens with one attached hydrogen (secondary N) is 2. The summed E-state index contributed by atoms with van der Waals surface area (Å²) >= 11 is 0. The lowest BCUT2D eigenvalue weighted by atomic mass is 9.64. The lowest BCUT2D eigenvalue weighted by Gasteiger charge is -2.42. The Morgan fingerprint density at radius 1 is 1.13 bits per heavy atom. The van der Waals surface area contributed by atoms with Crippen molar-refractivity contribution in [3.8, 4) is 5.75 Å². The van der Waals surface area contributed by atoms with Crippen LogP contribution in [0.5, 0.6) is 5.75 Å². The highest BCUT2D eigenvalue weighted by Gasteiger charge is 2.38. The molecule has 0 aromatic heterocycles. The predicted octanol–water partition coefficient (Wildman–Crippen LogP) is 3.94. The molecule has 2 aromatic carbocycles. The maximum atomic E-state index is 12.2. The van der Waals surface area contributed by atoms with Crippen molar-refractivity contribution in [2.45, 2.75) is 24.7 Å². The number of hydrogen-bond donors (Lipinski definition) is 2. The number of benzene rings is 2. The summed E-state index contributed by atoms with van der Waals surface area (Å²) in [7, 11) is 1.61. The van der Waals surface area contributed by atoms with Gasteiger partial charge >= 0.3 is 6.03 Å². The maximum absolute atomic E-state index is 12.2. The largest absolute Gasteiger partial charge is 0.497 e. The van der Waals surface area contributed by atoms with Crippen molar-refractivity contribution in [1.82, 2.24) is 5.32 Å². The van der Waals surface area contributed by atoms with E-state index >= 15 is 0 Å². The average molecular weight is 310 g/mol. The maximum Gasteiger partial charge on any atom is 0.319 e. The van der Waals surface area contributed by atoms with Crippen LogP contribution in [0.2, 0.25) is 0 Å². The number of methoxy groups -OCH3 is 1. The molecular formula is C19H22N2O2. The van der Waals surface area contributed by atoms with Gasteiger partial charge in [-0.3, -0.25) is 0 Å². The van der Waals surface area contributed by atoms with E-state index in [1.54, 1.807) is 13.2 Å². The van der Waals surface area contributed by atoms with Gasteiger partial charge in [0.25, 0.3) is 0 Å². The van der Waals surface area contributed by atoms with Crippen LogP contribution in [-0.2, 0) is 5.41 Å². The summed E-state index contributed by atoms with van der Waals surface area (Å²) in [6.07, 6.45) is 3.46. The standard InChI is InChI=1S/C19H22N2O2/c1-23-17-10-5-9-16(13-17)21-18(22)20-14-19(11-6-12-19)15-7-3-2-4-8-15/h2-5,7-10,13H,6,11-12,14H2,1H3,(H2,20,21,22). The zero-order chi connectivity index (χ0) is 16.1. The molecule has 23 heavy (non-hydrogen) atoms. The fourth-order valence-electron chi connectivity index (χ4n) is 3.09. The Bertz CT molecular complexity index is 666. The Labute approximate surface area is 136 Å². The molecule has 0 spiro atoms. The quantitative estimate of drug-likeness (QED) is 0.879. The number of carbonyl (C=O) groups is 1. The van der Waals surface area contributed by atoms with Crippen LogP contribution < -0.4 is 15.4 Å². The molecule has 0 unspecified atom stereocenters. The fourth-order valence-corrected chi connectivity index (χ4v) is 3.09. The van der Waals surface area contributed by atoms with Crippen molar-refractivity contribution < 1.29 is 9.53 Å². The molecule has 3 rings (SSSR count). The smallest absolute Gasteiger partial charge is 0.319 e. The summed E-state index contributed by atoms with van der Waals surface area (Å²) in [6.45, 7) is 0.660. The second-order valence-electron chi connectivity index (χ2n) is 6.04. The molecule has 0 saturated heterocycles. The first-order chi connectivity index (χ1) is 11.2. The molecule has 2 N–H and O–H groups in total. The van der Waals surface area contributed by atoms with Crippen LogP contribution in [0, 0.1) is 0 Å². The first kappa shape index (κ1) is 15.4. The molecule has 4 heteroatoms. The summed E-state index contributed by atoms with van der Waals surface area (Å²) in [5, 5.41) is 5.88. The summed E-state index contributed by atoms with van der Waals surface area (Å²) in [4.78, 5) is 12.2. The second kappa shape index (κ2) is 6.73. The van der Waals surface area contributed by atoms with Crippen LogP contribution in [0.25, 0.3) is 0 Å². The van der Waals surface area contributed by atoms with Gasteiger partial charge in [-0.2, -0.15) is 0 Å². The molecule has 0 aliphatic heterocycles. The Kier molecular flexibility index (Phi) is 4.51. The van der Waals surface area contributed by atoms with Crippen LogP contribution >= 0.6 is 0 Å². The van der Waals surface area contributed by atoms with Crippen LogP contribution in [0.15, 0.2) is 54.6 Å². The zero-order valence-corrected chi connectivity index (χ0v) is 13.3.